The van der Waals surface area contributed by atoms with E-state index < -0.39 is 16.1 Å². The molecule has 0 aliphatic rings. The Morgan fingerprint density at radius 1 is 0.969 bits per heavy atom. The van der Waals surface area contributed by atoms with Crippen LogP contribution in [0.25, 0.3) is 0 Å². The molecule has 8 heteroatoms. The fraction of sp³-hybridized carbons (Fsp3) is 0.208. The number of ether oxygens (including phenoxy) is 1. The topological polar surface area (TPSA) is 84.5 Å². The zero-order valence-corrected chi connectivity index (χ0v) is 19.8. The fourth-order valence-electron chi connectivity index (χ4n) is 2.96. The number of carbonyl (C=O) groups is 1. The summed E-state index contributed by atoms with van der Waals surface area (Å²) in [6.07, 6.45) is -0.730. The van der Waals surface area contributed by atoms with Crippen molar-refractivity contribution < 1.29 is 17.9 Å². The van der Waals surface area contributed by atoms with Crippen LogP contribution in [0.2, 0.25) is 5.02 Å². The molecule has 0 aromatic heterocycles. The molecule has 1 atom stereocenters. The molecule has 0 heterocycles. The Bertz CT molecular complexity index is 1240. The predicted octanol–water partition coefficient (Wildman–Crippen LogP) is 5.47. The van der Waals surface area contributed by atoms with E-state index in [1.54, 1.807) is 32.0 Å². The Morgan fingerprint density at radius 2 is 1.66 bits per heavy atom. The molecule has 0 spiro atoms. The summed E-state index contributed by atoms with van der Waals surface area (Å²) >= 11 is 5.97. The van der Waals surface area contributed by atoms with Crippen LogP contribution in [0.3, 0.4) is 0 Å². The molecule has 0 fully saturated rings. The second-order valence-electron chi connectivity index (χ2n) is 7.54. The minimum atomic E-state index is -3.81. The highest BCUT2D eigenvalue weighted by Gasteiger charge is 2.18. The third-order valence-electron chi connectivity index (χ3n) is 5.10. The number of amides is 1. The summed E-state index contributed by atoms with van der Waals surface area (Å²) in [6.45, 7) is 7.36. The average Bonchev–Trinajstić information content (AvgIpc) is 2.74. The molecule has 3 aromatic carbocycles. The molecule has 0 saturated heterocycles. The number of hydrogen-bond donors (Lipinski definition) is 2. The lowest BCUT2D eigenvalue weighted by atomic mass is 10.1. The van der Waals surface area contributed by atoms with Crippen molar-refractivity contribution in [1.29, 1.82) is 0 Å². The minimum absolute atomic E-state index is 0.0644. The Hall–Kier alpha value is -3.03. The van der Waals surface area contributed by atoms with E-state index in [-0.39, 0.29) is 10.8 Å². The Labute approximate surface area is 193 Å². The van der Waals surface area contributed by atoms with Crippen LogP contribution < -0.4 is 14.8 Å². The van der Waals surface area contributed by atoms with E-state index in [2.05, 4.69) is 10.0 Å². The maximum atomic E-state index is 12.7. The molecule has 1 amide bonds. The van der Waals surface area contributed by atoms with Gasteiger partial charge in [0.05, 0.1) is 10.6 Å². The molecule has 0 aliphatic carbocycles. The first-order chi connectivity index (χ1) is 15.1. The smallest absolute Gasteiger partial charge is 0.265 e. The largest absolute Gasteiger partial charge is 0.481 e. The van der Waals surface area contributed by atoms with Gasteiger partial charge in [0, 0.05) is 10.7 Å². The van der Waals surface area contributed by atoms with Crippen molar-refractivity contribution >= 4 is 38.9 Å². The van der Waals surface area contributed by atoms with Crippen molar-refractivity contribution in [2.24, 2.45) is 0 Å². The number of hydrogen-bond acceptors (Lipinski definition) is 4. The molecule has 168 valence electrons. The van der Waals surface area contributed by atoms with Gasteiger partial charge in [-0.15, -0.1) is 0 Å². The third kappa shape index (κ3) is 5.60. The monoisotopic (exact) mass is 472 g/mol. The molecule has 0 radical (unpaired) electrons. The number of benzene rings is 3. The molecule has 6 nitrogen and oxygen atoms in total. The van der Waals surface area contributed by atoms with Crippen LogP contribution in [0, 0.1) is 20.8 Å². The van der Waals surface area contributed by atoms with Crippen molar-refractivity contribution in [1.82, 2.24) is 0 Å². The maximum absolute atomic E-state index is 12.7. The van der Waals surface area contributed by atoms with Crippen LogP contribution in [-0.2, 0) is 14.8 Å². The maximum Gasteiger partial charge on any atom is 0.265 e. The van der Waals surface area contributed by atoms with Crippen LogP contribution >= 0.6 is 11.6 Å². The van der Waals surface area contributed by atoms with Gasteiger partial charge in [-0.05, 0) is 86.8 Å². The lowest BCUT2D eigenvalue weighted by molar-refractivity contribution is -0.122. The van der Waals surface area contributed by atoms with Gasteiger partial charge in [0.2, 0.25) is 0 Å². The van der Waals surface area contributed by atoms with E-state index in [1.165, 1.54) is 24.3 Å². The molecular weight excluding hydrogens is 448 g/mol. The Kier molecular flexibility index (Phi) is 7.11. The number of nitrogens with one attached hydrogen (secondary N) is 2. The van der Waals surface area contributed by atoms with Gasteiger partial charge in [-0.2, -0.15) is 0 Å². The summed E-state index contributed by atoms with van der Waals surface area (Å²) in [7, 11) is -3.81. The molecular formula is C24H25ClN2O4S. The van der Waals surface area contributed by atoms with E-state index in [1.807, 2.05) is 32.0 Å². The molecule has 32 heavy (non-hydrogen) atoms. The highest BCUT2D eigenvalue weighted by Crippen LogP contribution is 2.25. The van der Waals surface area contributed by atoms with Gasteiger partial charge in [0.15, 0.2) is 6.10 Å². The lowest BCUT2D eigenvalue weighted by Gasteiger charge is -2.17. The Balaban J connectivity index is 1.67. The van der Waals surface area contributed by atoms with E-state index in [4.69, 9.17) is 16.3 Å². The second-order valence-corrected chi connectivity index (χ2v) is 9.66. The zero-order chi connectivity index (χ0) is 23.5. The van der Waals surface area contributed by atoms with Gasteiger partial charge >= 0.3 is 0 Å². The summed E-state index contributed by atoms with van der Waals surface area (Å²) in [5, 5.41) is 3.18. The SMILES string of the molecule is Cc1ccc(Cl)cc1NS(=O)(=O)c1ccc(NC(=O)[C@@H](C)Oc2cccc(C)c2C)cc1. The average molecular weight is 473 g/mol. The molecule has 3 rings (SSSR count). The fourth-order valence-corrected chi connectivity index (χ4v) is 4.26. The summed E-state index contributed by atoms with van der Waals surface area (Å²) in [6, 6.07) is 16.6. The normalized spacial score (nSPS) is 12.2. The first-order valence-electron chi connectivity index (χ1n) is 9.99. The van der Waals surface area contributed by atoms with E-state index in [0.29, 0.717) is 22.1 Å². The molecule has 2 N–H and O–H groups in total. The van der Waals surface area contributed by atoms with E-state index in [0.717, 1.165) is 16.7 Å². The van der Waals surface area contributed by atoms with Crippen LogP contribution in [0.1, 0.15) is 23.6 Å². The molecule has 0 unspecified atom stereocenters. The standard InChI is InChI=1S/C24H25ClN2O4S/c1-15-6-5-7-23(17(15)3)31-18(4)24(28)26-20-10-12-21(13-11-20)32(29,30)27-22-14-19(25)9-8-16(22)2/h5-14,18,27H,1-4H3,(H,26,28)/t18-/m1/s1. The van der Waals surface area contributed by atoms with Crippen LogP contribution in [-0.4, -0.2) is 20.4 Å². The molecule has 0 saturated carbocycles. The third-order valence-corrected chi connectivity index (χ3v) is 6.72. The van der Waals surface area contributed by atoms with Gasteiger partial charge in [-0.1, -0.05) is 29.8 Å². The highest BCUT2D eigenvalue weighted by atomic mass is 35.5. The van der Waals surface area contributed by atoms with Crippen LogP contribution in [0.5, 0.6) is 5.75 Å². The number of aryl methyl sites for hydroxylation is 2. The van der Waals surface area contributed by atoms with Crippen LogP contribution in [0.4, 0.5) is 11.4 Å². The molecule has 0 aliphatic heterocycles. The number of sulfonamides is 1. The molecule has 0 bridgehead atoms. The minimum Gasteiger partial charge on any atom is -0.481 e. The number of rotatable bonds is 7. The summed E-state index contributed by atoms with van der Waals surface area (Å²) in [5.41, 5.74) is 3.67. The van der Waals surface area contributed by atoms with Gasteiger partial charge in [0.1, 0.15) is 5.75 Å². The highest BCUT2D eigenvalue weighted by molar-refractivity contribution is 7.92. The first-order valence-corrected chi connectivity index (χ1v) is 11.9. The van der Waals surface area contributed by atoms with Gasteiger partial charge in [0.25, 0.3) is 15.9 Å². The van der Waals surface area contributed by atoms with Gasteiger partial charge in [-0.25, -0.2) is 8.42 Å². The van der Waals surface area contributed by atoms with Crippen molar-refractivity contribution in [2.75, 3.05) is 10.0 Å². The number of carbonyl (C=O) groups excluding carboxylic acids is 1. The lowest BCUT2D eigenvalue weighted by Crippen LogP contribution is -2.30. The summed E-state index contributed by atoms with van der Waals surface area (Å²) in [5.74, 6) is 0.311. The Morgan fingerprint density at radius 3 is 2.34 bits per heavy atom. The van der Waals surface area contributed by atoms with E-state index in [9.17, 15) is 13.2 Å². The van der Waals surface area contributed by atoms with E-state index >= 15 is 0 Å². The quantitative estimate of drug-likeness (QED) is 0.477. The summed E-state index contributed by atoms with van der Waals surface area (Å²) < 4.78 is 33.8. The van der Waals surface area contributed by atoms with Crippen molar-refractivity contribution in [3.63, 3.8) is 0 Å². The summed E-state index contributed by atoms with van der Waals surface area (Å²) in [4.78, 5) is 12.6. The number of halogens is 1. The zero-order valence-electron chi connectivity index (χ0n) is 18.3. The van der Waals surface area contributed by atoms with Crippen molar-refractivity contribution in [3.05, 3.63) is 82.4 Å². The first kappa shape index (κ1) is 23.6. The van der Waals surface area contributed by atoms with Gasteiger partial charge in [-0.3, -0.25) is 9.52 Å². The molecule has 3 aromatic rings. The second kappa shape index (κ2) is 9.63. The van der Waals surface area contributed by atoms with Crippen molar-refractivity contribution in [3.8, 4) is 5.75 Å². The van der Waals surface area contributed by atoms with Gasteiger partial charge < -0.3 is 10.1 Å². The number of anilines is 2. The van der Waals surface area contributed by atoms with Crippen LogP contribution in [0.15, 0.2) is 65.6 Å². The predicted molar refractivity (Wildman–Crippen MR) is 128 cm³/mol. The van der Waals surface area contributed by atoms with Crippen molar-refractivity contribution in [2.45, 2.75) is 38.7 Å².